The summed E-state index contributed by atoms with van der Waals surface area (Å²) in [7, 11) is 0. The van der Waals surface area contributed by atoms with E-state index < -0.39 is 0 Å². The monoisotopic (exact) mass is 495 g/mol. The number of anilines is 1. The number of amides is 1. The Morgan fingerprint density at radius 1 is 1.07 bits per heavy atom. The lowest BCUT2D eigenvalue weighted by Crippen LogP contribution is -2.13. The third-order valence-electron chi connectivity index (χ3n) is 4.32. The molecule has 0 heterocycles. The van der Waals surface area contributed by atoms with E-state index >= 15 is 0 Å². The molecule has 2 aromatic carbocycles. The SMILES string of the molecule is CCc1ccc(NC(=O)CCCOc2ccc(C(C)(C)C)cc2Br)c(Br)c1. The third-order valence-corrected chi connectivity index (χ3v) is 5.60. The number of hydrogen-bond acceptors (Lipinski definition) is 2. The van der Waals surface area contributed by atoms with Crippen LogP contribution in [-0.2, 0) is 16.6 Å². The van der Waals surface area contributed by atoms with Gasteiger partial charge in [0, 0.05) is 10.9 Å². The van der Waals surface area contributed by atoms with Crippen molar-refractivity contribution in [3.05, 3.63) is 56.5 Å². The van der Waals surface area contributed by atoms with Gasteiger partial charge in [0.2, 0.25) is 5.91 Å². The number of aryl methyl sites for hydroxylation is 1. The second-order valence-electron chi connectivity index (χ2n) is 7.56. The van der Waals surface area contributed by atoms with Crippen molar-refractivity contribution < 1.29 is 9.53 Å². The summed E-state index contributed by atoms with van der Waals surface area (Å²) in [6, 6.07) is 12.2. The predicted molar refractivity (Wildman–Crippen MR) is 120 cm³/mol. The number of halogens is 2. The molecule has 2 rings (SSSR count). The van der Waals surface area contributed by atoms with Gasteiger partial charge in [-0.3, -0.25) is 4.79 Å². The van der Waals surface area contributed by atoms with Crippen LogP contribution in [-0.4, -0.2) is 12.5 Å². The maximum Gasteiger partial charge on any atom is 0.224 e. The minimum absolute atomic E-state index is 0.00862. The molecule has 0 saturated heterocycles. The molecule has 3 nitrogen and oxygen atoms in total. The summed E-state index contributed by atoms with van der Waals surface area (Å²) in [5.41, 5.74) is 3.39. The van der Waals surface area contributed by atoms with Gasteiger partial charge >= 0.3 is 0 Å². The molecule has 2 aromatic rings. The number of nitrogens with one attached hydrogen (secondary N) is 1. The molecule has 0 aliphatic rings. The number of carbonyl (C=O) groups excluding carboxylic acids is 1. The fraction of sp³-hybridized carbons (Fsp3) is 0.409. The number of hydrogen-bond donors (Lipinski definition) is 1. The van der Waals surface area contributed by atoms with Gasteiger partial charge in [0.05, 0.1) is 16.8 Å². The second-order valence-corrected chi connectivity index (χ2v) is 9.27. The van der Waals surface area contributed by atoms with Crippen molar-refractivity contribution in [3.63, 3.8) is 0 Å². The summed E-state index contributed by atoms with van der Waals surface area (Å²) in [5, 5.41) is 2.95. The lowest BCUT2D eigenvalue weighted by molar-refractivity contribution is -0.116. The first-order valence-corrected chi connectivity index (χ1v) is 10.8. The summed E-state index contributed by atoms with van der Waals surface area (Å²) in [5.74, 6) is 0.798. The highest BCUT2D eigenvalue weighted by Gasteiger charge is 2.15. The molecule has 146 valence electrons. The molecular weight excluding hydrogens is 470 g/mol. The van der Waals surface area contributed by atoms with Crippen molar-refractivity contribution in [1.29, 1.82) is 0 Å². The normalized spacial score (nSPS) is 11.3. The Balaban J connectivity index is 1.80. The molecule has 0 fully saturated rings. The predicted octanol–water partition coefficient (Wildman–Crippen LogP) is 6.87. The first kappa shape index (κ1) is 22.0. The van der Waals surface area contributed by atoms with Crippen molar-refractivity contribution >= 4 is 43.5 Å². The van der Waals surface area contributed by atoms with Crippen LogP contribution in [0.2, 0.25) is 0 Å². The Morgan fingerprint density at radius 3 is 2.41 bits per heavy atom. The second kappa shape index (κ2) is 9.74. The van der Waals surface area contributed by atoms with Crippen LogP contribution in [0, 0.1) is 0 Å². The average Bonchev–Trinajstić information content (AvgIpc) is 2.60. The highest BCUT2D eigenvalue weighted by molar-refractivity contribution is 9.11. The molecule has 0 radical (unpaired) electrons. The molecule has 27 heavy (non-hydrogen) atoms. The molecule has 0 aliphatic heterocycles. The maximum absolute atomic E-state index is 12.2. The Hall–Kier alpha value is -1.33. The van der Waals surface area contributed by atoms with Gasteiger partial charge in [0.15, 0.2) is 0 Å². The molecule has 0 spiro atoms. The molecular formula is C22H27Br2NO2. The number of carbonyl (C=O) groups is 1. The summed E-state index contributed by atoms with van der Waals surface area (Å²) in [6.45, 7) is 9.15. The lowest BCUT2D eigenvalue weighted by atomic mass is 9.87. The van der Waals surface area contributed by atoms with Crippen LogP contribution in [0.5, 0.6) is 5.75 Å². The minimum atomic E-state index is -0.00862. The Bertz CT molecular complexity index is 797. The van der Waals surface area contributed by atoms with Crippen LogP contribution in [0.4, 0.5) is 5.69 Å². The van der Waals surface area contributed by atoms with Gasteiger partial charge < -0.3 is 10.1 Å². The van der Waals surface area contributed by atoms with Crippen molar-refractivity contribution in [2.45, 2.75) is 52.4 Å². The van der Waals surface area contributed by atoms with E-state index in [2.05, 4.69) is 77.0 Å². The zero-order valence-corrected chi connectivity index (χ0v) is 19.5. The van der Waals surface area contributed by atoms with Gasteiger partial charge in [-0.05, 0) is 85.5 Å². The molecule has 0 atom stereocenters. The van der Waals surface area contributed by atoms with E-state index in [4.69, 9.17) is 4.74 Å². The molecule has 1 amide bonds. The molecule has 0 aromatic heterocycles. The lowest BCUT2D eigenvalue weighted by Gasteiger charge is -2.20. The smallest absolute Gasteiger partial charge is 0.224 e. The molecule has 0 saturated carbocycles. The fourth-order valence-corrected chi connectivity index (χ4v) is 3.61. The van der Waals surface area contributed by atoms with Crippen molar-refractivity contribution in [2.75, 3.05) is 11.9 Å². The van der Waals surface area contributed by atoms with E-state index in [1.165, 1.54) is 11.1 Å². The van der Waals surface area contributed by atoms with Crippen LogP contribution in [0.1, 0.15) is 51.7 Å². The Morgan fingerprint density at radius 2 is 1.81 bits per heavy atom. The summed E-state index contributed by atoms with van der Waals surface area (Å²) in [4.78, 5) is 12.2. The largest absolute Gasteiger partial charge is 0.492 e. The maximum atomic E-state index is 12.2. The van der Waals surface area contributed by atoms with Crippen LogP contribution >= 0.6 is 31.9 Å². The van der Waals surface area contributed by atoms with Gasteiger partial charge in [0.1, 0.15) is 5.75 Å². The third kappa shape index (κ3) is 6.65. The van der Waals surface area contributed by atoms with E-state index in [1.54, 1.807) is 0 Å². The molecule has 5 heteroatoms. The molecule has 0 bridgehead atoms. The molecule has 0 unspecified atom stereocenters. The van der Waals surface area contributed by atoms with Gasteiger partial charge in [-0.2, -0.15) is 0 Å². The Kier molecular flexibility index (Phi) is 7.92. The van der Waals surface area contributed by atoms with Gasteiger partial charge in [0.25, 0.3) is 0 Å². The summed E-state index contributed by atoms with van der Waals surface area (Å²) >= 11 is 7.09. The van der Waals surface area contributed by atoms with Crippen LogP contribution in [0.3, 0.4) is 0 Å². The highest BCUT2D eigenvalue weighted by Crippen LogP contribution is 2.31. The van der Waals surface area contributed by atoms with E-state index in [-0.39, 0.29) is 11.3 Å². The standard InChI is InChI=1S/C22H27Br2NO2/c1-5-15-8-10-19(17(23)13-15)25-21(26)7-6-12-27-20-11-9-16(14-18(20)24)22(2,3)4/h8-11,13-14H,5-7,12H2,1-4H3,(H,25,26). The van der Waals surface area contributed by atoms with E-state index in [9.17, 15) is 4.79 Å². The van der Waals surface area contributed by atoms with Crippen LogP contribution in [0.15, 0.2) is 45.3 Å². The van der Waals surface area contributed by atoms with Crippen LogP contribution < -0.4 is 10.1 Å². The fourth-order valence-electron chi connectivity index (χ4n) is 2.59. The quantitative estimate of drug-likeness (QED) is 0.424. The minimum Gasteiger partial charge on any atom is -0.492 e. The van der Waals surface area contributed by atoms with Crippen molar-refractivity contribution in [2.24, 2.45) is 0 Å². The van der Waals surface area contributed by atoms with Crippen LogP contribution in [0.25, 0.3) is 0 Å². The number of rotatable bonds is 7. The first-order valence-electron chi connectivity index (χ1n) is 9.22. The van der Waals surface area contributed by atoms with E-state index in [0.717, 1.165) is 26.8 Å². The first-order chi connectivity index (χ1) is 12.7. The van der Waals surface area contributed by atoms with Gasteiger partial charge in [-0.15, -0.1) is 0 Å². The zero-order chi connectivity index (χ0) is 20.0. The van der Waals surface area contributed by atoms with Gasteiger partial charge in [-0.25, -0.2) is 0 Å². The van der Waals surface area contributed by atoms with E-state index in [0.29, 0.717) is 19.4 Å². The summed E-state index contributed by atoms with van der Waals surface area (Å²) < 4.78 is 7.68. The van der Waals surface area contributed by atoms with Crippen molar-refractivity contribution in [1.82, 2.24) is 0 Å². The van der Waals surface area contributed by atoms with E-state index in [1.807, 2.05) is 24.3 Å². The molecule has 1 N–H and O–H groups in total. The molecule has 0 aliphatic carbocycles. The van der Waals surface area contributed by atoms with Gasteiger partial charge in [-0.1, -0.05) is 39.8 Å². The van der Waals surface area contributed by atoms with Crippen molar-refractivity contribution in [3.8, 4) is 5.75 Å². The zero-order valence-electron chi connectivity index (χ0n) is 16.4. The highest BCUT2D eigenvalue weighted by atomic mass is 79.9. The topological polar surface area (TPSA) is 38.3 Å². The number of ether oxygens (including phenoxy) is 1. The average molecular weight is 497 g/mol. The summed E-state index contributed by atoms with van der Waals surface area (Å²) in [6.07, 6.45) is 2.04. The Labute approximate surface area is 179 Å². The number of benzene rings is 2.